The molecule has 3 aromatic rings. The van der Waals surface area contributed by atoms with Crippen LogP contribution in [0.15, 0.2) is 54.2 Å². The van der Waals surface area contributed by atoms with Gasteiger partial charge in [-0.25, -0.2) is 13.8 Å². The molecule has 1 saturated carbocycles. The summed E-state index contributed by atoms with van der Waals surface area (Å²) in [6.45, 7) is 4.05. The summed E-state index contributed by atoms with van der Waals surface area (Å²) in [5.41, 5.74) is 5.76. The van der Waals surface area contributed by atoms with Crippen LogP contribution < -0.4 is 14.8 Å². The second kappa shape index (κ2) is 15.1. The van der Waals surface area contributed by atoms with Crippen molar-refractivity contribution in [2.75, 3.05) is 33.0 Å². The normalized spacial score (nSPS) is 19.1. The molecule has 1 aliphatic carbocycles. The number of amides is 1. The predicted octanol–water partition coefficient (Wildman–Crippen LogP) is 5.80. The number of hydrogen-bond donors (Lipinski definition) is 2. The van der Waals surface area contributed by atoms with E-state index < -0.39 is 11.6 Å². The Balaban J connectivity index is 1.19. The number of rotatable bonds is 14. The molecule has 1 amide bonds. The molecule has 6 rings (SSSR count). The highest BCUT2D eigenvalue weighted by atomic mass is 35.5. The number of aromatic nitrogens is 1. The molecule has 1 saturated heterocycles. The molecule has 250 valence electrons. The van der Waals surface area contributed by atoms with Crippen molar-refractivity contribution < 1.29 is 32.9 Å². The molecule has 0 spiro atoms. The van der Waals surface area contributed by atoms with Crippen LogP contribution in [0.2, 0.25) is 5.02 Å². The number of fused-ring (bicyclic) bond motifs is 2. The number of hydrogen-bond acceptors (Lipinski definition) is 7. The molecular weight excluding hydrogens is 628 g/mol. The van der Waals surface area contributed by atoms with E-state index in [-0.39, 0.29) is 48.0 Å². The number of nitrogens with one attached hydrogen (secondary N) is 1. The predicted molar refractivity (Wildman–Crippen MR) is 174 cm³/mol. The summed E-state index contributed by atoms with van der Waals surface area (Å²) in [6, 6.07) is 12.2. The zero-order chi connectivity index (χ0) is 32.9. The van der Waals surface area contributed by atoms with E-state index in [2.05, 4.69) is 22.4 Å². The maximum atomic E-state index is 14.5. The van der Waals surface area contributed by atoms with Crippen molar-refractivity contribution in [2.45, 2.75) is 70.1 Å². The highest BCUT2D eigenvalue weighted by Gasteiger charge is 2.41. The molecule has 2 atom stereocenters. The van der Waals surface area contributed by atoms with Gasteiger partial charge < -0.3 is 29.5 Å². The van der Waals surface area contributed by atoms with Crippen LogP contribution in [0.4, 0.5) is 8.78 Å². The topological polar surface area (TPSA) is 93.2 Å². The van der Waals surface area contributed by atoms with Gasteiger partial charge in [0.2, 0.25) is 5.88 Å². The number of halogens is 3. The summed E-state index contributed by atoms with van der Waals surface area (Å²) in [6.07, 6.45) is 6.10. The lowest BCUT2D eigenvalue weighted by Gasteiger charge is -2.40. The standard InChI is InChI=1S/C36H40ClF2N3O5/c1-22-25(13-14-40-35(22)47-17-3-15-43)19-42(27-9-10-27)36(44)32-28(18-26-20-45-21-31(32)41-26)24-7-5-23(6-8-24)4-2-16-46-34-30(39)12-11-29(38)33(34)37/h5-8,11-14,26-27,31,41,43H,2-4,9-10,15-21H2,1H3. The Morgan fingerprint density at radius 1 is 1.06 bits per heavy atom. The second-order valence-corrected chi connectivity index (χ2v) is 12.7. The Kier molecular flexibility index (Phi) is 10.7. The van der Waals surface area contributed by atoms with E-state index in [0.717, 1.165) is 58.4 Å². The van der Waals surface area contributed by atoms with Gasteiger partial charge in [-0.05, 0) is 79.5 Å². The average molecular weight is 668 g/mol. The number of ether oxygens (including phenoxy) is 3. The first-order valence-corrected chi connectivity index (χ1v) is 16.6. The summed E-state index contributed by atoms with van der Waals surface area (Å²) in [4.78, 5) is 20.9. The van der Waals surface area contributed by atoms with E-state index in [9.17, 15) is 13.6 Å². The van der Waals surface area contributed by atoms with E-state index in [0.29, 0.717) is 57.9 Å². The van der Waals surface area contributed by atoms with Crippen molar-refractivity contribution in [2.24, 2.45) is 0 Å². The van der Waals surface area contributed by atoms with Gasteiger partial charge >= 0.3 is 0 Å². The Morgan fingerprint density at radius 3 is 2.60 bits per heavy atom. The molecule has 2 N–H and O–H groups in total. The van der Waals surface area contributed by atoms with Gasteiger partial charge in [0.15, 0.2) is 11.6 Å². The Hall–Kier alpha value is -3.57. The molecule has 11 heteroatoms. The molecule has 3 aliphatic rings. The SMILES string of the molecule is Cc1c(CN(C(=O)C2=C(c3ccc(CCCOc4c(F)ccc(F)c4Cl)cc3)CC3COCC2N3)C2CC2)ccnc1OCCCO. The second-order valence-electron chi connectivity index (χ2n) is 12.4. The molecule has 2 aliphatic heterocycles. The van der Waals surface area contributed by atoms with Gasteiger partial charge in [-0.1, -0.05) is 35.9 Å². The van der Waals surface area contributed by atoms with E-state index in [1.807, 2.05) is 30.0 Å². The number of nitrogens with zero attached hydrogens (tertiary/aromatic N) is 2. The number of aliphatic hydroxyl groups excluding tert-OH is 1. The molecule has 2 fully saturated rings. The van der Waals surface area contributed by atoms with Crippen LogP contribution in [0.1, 0.15) is 54.4 Å². The summed E-state index contributed by atoms with van der Waals surface area (Å²) in [5.74, 6) is -1.13. The largest absolute Gasteiger partial charge is 0.489 e. The Bertz CT molecular complexity index is 1610. The zero-order valence-corrected chi connectivity index (χ0v) is 27.2. The van der Waals surface area contributed by atoms with Crippen LogP contribution in [0.25, 0.3) is 5.57 Å². The van der Waals surface area contributed by atoms with Gasteiger partial charge in [0.05, 0.1) is 32.5 Å². The fraction of sp³-hybridized carbons (Fsp3) is 0.444. The number of morpholine rings is 1. The fourth-order valence-electron chi connectivity index (χ4n) is 6.27. The fourth-order valence-corrected chi connectivity index (χ4v) is 6.48. The van der Waals surface area contributed by atoms with Crippen molar-refractivity contribution in [1.29, 1.82) is 0 Å². The highest BCUT2D eigenvalue weighted by Crippen LogP contribution is 2.38. The molecule has 8 nitrogen and oxygen atoms in total. The number of pyridine rings is 1. The van der Waals surface area contributed by atoms with Crippen molar-refractivity contribution in [3.05, 3.63) is 93.1 Å². The van der Waals surface area contributed by atoms with E-state index >= 15 is 0 Å². The highest BCUT2D eigenvalue weighted by molar-refractivity contribution is 6.32. The first kappa shape index (κ1) is 33.3. The van der Waals surface area contributed by atoms with Crippen molar-refractivity contribution in [3.8, 4) is 11.6 Å². The lowest BCUT2D eigenvalue weighted by Crippen LogP contribution is -2.55. The molecule has 2 bridgehead atoms. The van der Waals surface area contributed by atoms with Gasteiger partial charge in [0, 0.05) is 49.0 Å². The van der Waals surface area contributed by atoms with Crippen molar-refractivity contribution >= 4 is 23.1 Å². The smallest absolute Gasteiger partial charge is 0.252 e. The Morgan fingerprint density at radius 2 is 1.83 bits per heavy atom. The zero-order valence-electron chi connectivity index (χ0n) is 26.4. The number of benzene rings is 2. The van der Waals surface area contributed by atoms with E-state index in [1.54, 1.807) is 6.20 Å². The molecule has 0 radical (unpaired) electrons. The first-order valence-electron chi connectivity index (χ1n) is 16.3. The van der Waals surface area contributed by atoms with Gasteiger partial charge in [-0.2, -0.15) is 0 Å². The maximum absolute atomic E-state index is 14.5. The quantitative estimate of drug-likeness (QED) is 0.166. The van der Waals surface area contributed by atoms with Crippen LogP contribution >= 0.6 is 11.6 Å². The first-order chi connectivity index (χ1) is 22.8. The molecule has 3 heterocycles. The van der Waals surface area contributed by atoms with Crippen LogP contribution in [0, 0.1) is 18.6 Å². The van der Waals surface area contributed by atoms with Crippen LogP contribution in [0.5, 0.6) is 11.6 Å². The third-order valence-electron chi connectivity index (χ3n) is 8.96. The number of aliphatic hydroxyl groups is 1. The Labute approximate surface area is 278 Å². The number of carbonyl (C=O) groups is 1. The lowest BCUT2D eigenvalue weighted by atomic mass is 9.84. The van der Waals surface area contributed by atoms with Crippen LogP contribution in [-0.4, -0.2) is 72.1 Å². The minimum absolute atomic E-state index is 0.0207. The lowest BCUT2D eigenvalue weighted by molar-refractivity contribution is -0.129. The summed E-state index contributed by atoms with van der Waals surface area (Å²) < 4.78 is 44.9. The monoisotopic (exact) mass is 667 g/mol. The number of carbonyl (C=O) groups excluding carboxylic acids is 1. The summed E-state index contributed by atoms with van der Waals surface area (Å²) >= 11 is 5.87. The van der Waals surface area contributed by atoms with Crippen LogP contribution in [0.3, 0.4) is 0 Å². The van der Waals surface area contributed by atoms with Gasteiger partial charge in [0.25, 0.3) is 5.91 Å². The van der Waals surface area contributed by atoms with Gasteiger partial charge in [0.1, 0.15) is 10.8 Å². The van der Waals surface area contributed by atoms with Gasteiger partial charge in [-0.3, -0.25) is 4.79 Å². The summed E-state index contributed by atoms with van der Waals surface area (Å²) in [7, 11) is 0. The number of aryl methyl sites for hydroxylation is 1. The third kappa shape index (κ3) is 7.78. The molecule has 47 heavy (non-hydrogen) atoms. The van der Waals surface area contributed by atoms with E-state index in [4.69, 9.17) is 30.9 Å². The van der Waals surface area contributed by atoms with Crippen LogP contribution in [-0.2, 0) is 22.5 Å². The minimum Gasteiger partial charge on any atom is -0.489 e. The van der Waals surface area contributed by atoms with E-state index in [1.165, 1.54) is 0 Å². The minimum atomic E-state index is -0.721. The summed E-state index contributed by atoms with van der Waals surface area (Å²) in [5, 5.41) is 12.4. The molecular formula is C36H40ClF2N3O5. The van der Waals surface area contributed by atoms with Crippen molar-refractivity contribution in [3.63, 3.8) is 0 Å². The third-order valence-corrected chi connectivity index (χ3v) is 9.31. The van der Waals surface area contributed by atoms with Gasteiger partial charge in [-0.15, -0.1) is 0 Å². The molecule has 2 aromatic carbocycles. The molecule has 1 aromatic heterocycles. The maximum Gasteiger partial charge on any atom is 0.252 e. The van der Waals surface area contributed by atoms with Crippen molar-refractivity contribution in [1.82, 2.24) is 15.2 Å². The average Bonchev–Trinajstić information content (AvgIpc) is 3.92. The molecule has 2 unspecified atom stereocenters.